The van der Waals surface area contributed by atoms with Gasteiger partial charge in [-0.3, -0.25) is 9.69 Å². The van der Waals surface area contributed by atoms with Crippen LogP contribution in [0.3, 0.4) is 0 Å². The molecule has 3 amide bonds. The van der Waals surface area contributed by atoms with Crippen LogP contribution in [0, 0.1) is 6.92 Å². The molecule has 8 nitrogen and oxygen atoms in total. The molecule has 2 aliphatic heterocycles. The number of carbonyl (C=O) groups excluding carboxylic acids is 2. The van der Waals surface area contributed by atoms with Gasteiger partial charge < -0.3 is 15.0 Å². The maximum Gasteiger partial charge on any atom is 0.318 e. The molecule has 3 heterocycles. The number of benzene rings is 1. The van der Waals surface area contributed by atoms with Crippen LogP contribution in [0.2, 0.25) is 0 Å². The standard InChI is InChI=1S/C27H37N5O3S/c1-20-7-9-21(10-8-20)23-18-22(24-6-5-17-36-24)29-32(23)25(33)19-31(26(34)28-27(2,3)4)12-11-30-13-15-35-16-14-30/h5-10,17,23H,11-16,18-19H2,1-4H3,(H,28,34)/t23-/m0/s1. The molecule has 2 aromatic rings. The van der Waals surface area contributed by atoms with E-state index in [1.807, 2.05) is 38.3 Å². The molecule has 1 aromatic heterocycles. The first-order valence-corrected chi connectivity index (χ1v) is 13.4. The van der Waals surface area contributed by atoms with Crippen LogP contribution in [-0.2, 0) is 9.53 Å². The van der Waals surface area contributed by atoms with Crippen molar-refractivity contribution in [1.29, 1.82) is 0 Å². The van der Waals surface area contributed by atoms with Gasteiger partial charge in [0.25, 0.3) is 5.91 Å². The Morgan fingerprint density at radius 3 is 2.53 bits per heavy atom. The van der Waals surface area contributed by atoms with Gasteiger partial charge in [0, 0.05) is 38.1 Å². The van der Waals surface area contributed by atoms with Gasteiger partial charge in [0.15, 0.2) is 0 Å². The Hall–Kier alpha value is -2.75. The molecule has 4 rings (SSSR count). The molecule has 2 aliphatic rings. The number of ether oxygens (including phenoxy) is 1. The summed E-state index contributed by atoms with van der Waals surface area (Å²) in [6, 6.07) is 11.9. The Bertz CT molecular complexity index is 1060. The lowest BCUT2D eigenvalue weighted by atomic mass is 10.00. The molecule has 1 aromatic carbocycles. The fourth-order valence-electron chi connectivity index (χ4n) is 4.35. The van der Waals surface area contributed by atoms with Gasteiger partial charge in [-0.1, -0.05) is 35.9 Å². The van der Waals surface area contributed by atoms with Crippen molar-refractivity contribution in [1.82, 2.24) is 20.1 Å². The highest BCUT2D eigenvalue weighted by molar-refractivity contribution is 7.12. The normalized spacial score (nSPS) is 18.7. The van der Waals surface area contributed by atoms with Gasteiger partial charge in [0.1, 0.15) is 6.54 Å². The van der Waals surface area contributed by atoms with Crippen LogP contribution in [0.1, 0.15) is 49.2 Å². The van der Waals surface area contributed by atoms with Crippen LogP contribution in [0.4, 0.5) is 4.79 Å². The molecule has 1 atom stereocenters. The summed E-state index contributed by atoms with van der Waals surface area (Å²) in [6.45, 7) is 12.0. The maximum atomic E-state index is 13.7. The van der Waals surface area contributed by atoms with Gasteiger partial charge in [-0.15, -0.1) is 11.3 Å². The average molecular weight is 512 g/mol. The Balaban J connectivity index is 1.53. The molecule has 1 saturated heterocycles. The van der Waals surface area contributed by atoms with Gasteiger partial charge in [0.2, 0.25) is 0 Å². The largest absolute Gasteiger partial charge is 0.379 e. The minimum Gasteiger partial charge on any atom is -0.379 e. The van der Waals surface area contributed by atoms with E-state index in [1.165, 1.54) is 5.56 Å². The number of amides is 3. The van der Waals surface area contributed by atoms with Crippen molar-refractivity contribution < 1.29 is 14.3 Å². The van der Waals surface area contributed by atoms with E-state index < -0.39 is 5.54 Å². The van der Waals surface area contributed by atoms with Crippen LogP contribution in [-0.4, -0.2) is 83.9 Å². The summed E-state index contributed by atoms with van der Waals surface area (Å²) in [5.74, 6) is -0.182. The number of aryl methyl sites for hydroxylation is 1. The summed E-state index contributed by atoms with van der Waals surface area (Å²) in [5.41, 5.74) is 2.72. The van der Waals surface area contributed by atoms with Crippen molar-refractivity contribution in [3.05, 3.63) is 57.8 Å². The van der Waals surface area contributed by atoms with Gasteiger partial charge >= 0.3 is 6.03 Å². The van der Waals surface area contributed by atoms with E-state index in [0.717, 1.165) is 29.2 Å². The maximum absolute atomic E-state index is 13.7. The fraction of sp³-hybridized carbons (Fsp3) is 0.519. The van der Waals surface area contributed by atoms with Crippen molar-refractivity contribution in [3.8, 4) is 0 Å². The third kappa shape index (κ3) is 6.93. The van der Waals surface area contributed by atoms with Crippen LogP contribution in [0.25, 0.3) is 0 Å². The second kappa shape index (κ2) is 11.5. The topological polar surface area (TPSA) is 77.5 Å². The van der Waals surface area contributed by atoms with Crippen LogP contribution >= 0.6 is 11.3 Å². The zero-order valence-corrected chi connectivity index (χ0v) is 22.5. The van der Waals surface area contributed by atoms with Crippen LogP contribution in [0.5, 0.6) is 0 Å². The van der Waals surface area contributed by atoms with E-state index in [2.05, 4.69) is 41.4 Å². The highest BCUT2D eigenvalue weighted by Crippen LogP contribution is 2.34. The summed E-state index contributed by atoms with van der Waals surface area (Å²) in [5, 5.41) is 11.4. The lowest BCUT2D eigenvalue weighted by Crippen LogP contribution is -2.53. The second-order valence-corrected chi connectivity index (χ2v) is 11.4. The number of rotatable bonds is 7. The number of nitrogens with zero attached hydrogens (tertiary/aromatic N) is 4. The third-order valence-electron chi connectivity index (χ3n) is 6.32. The molecule has 0 radical (unpaired) electrons. The molecule has 1 fully saturated rings. The number of thiophene rings is 1. The molecule has 36 heavy (non-hydrogen) atoms. The van der Waals surface area contributed by atoms with E-state index in [1.54, 1.807) is 21.2 Å². The first kappa shape index (κ1) is 26.3. The van der Waals surface area contributed by atoms with Crippen LogP contribution in [0.15, 0.2) is 46.9 Å². The Morgan fingerprint density at radius 2 is 1.89 bits per heavy atom. The molecular formula is C27H37N5O3S. The number of hydrogen-bond donors (Lipinski definition) is 1. The predicted molar refractivity (Wildman–Crippen MR) is 143 cm³/mol. The first-order valence-electron chi connectivity index (χ1n) is 12.6. The van der Waals surface area contributed by atoms with Crippen LogP contribution < -0.4 is 5.32 Å². The van der Waals surface area contributed by atoms with Gasteiger partial charge in [-0.2, -0.15) is 5.10 Å². The zero-order valence-electron chi connectivity index (χ0n) is 21.7. The van der Waals surface area contributed by atoms with Crippen molar-refractivity contribution in [3.63, 3.8) is 0 Å². The second-order valence-electron chi connectivity index (χ2n) is 10.4. The van der Waals surface area contributed by atoms with Gasteiger partial charge in [0.05, 0.1) is 29.8 Å². The van der Waals surface area contributed by atoms with Crippen molar-refractivity contribution in [2.24, 2.45) is 5.10 Å². The zero-order chi connectivity index (χ0) is 25.7. The van der Waals surface area contributed by atoms with E-state index in [4.69, 9.17) is 9.84 Å². The molecule has 0 bridgehead atoms. The Kier molecular flexibility index (Phi) is 8.43. The van der Waals surface area contributed by atoms with Gasteiger partial charge in [-0.05, 0) is 44.7 Å². The smallest absolute Gasteiger partial charge is 0.318 e. The van der Waals surface area contributed by atoms with E-state index >= 15 is 0 Å². The van der Waals surface area contributed by atoms with E-state index in [0.29, 0.717) is 32.7 Å². The summed E-state index contributed by atoms with van der Waals surface area (Å²) in [6.07, 6.45) is 0.650. The SMILES string of the molecule is Cc1ccc([C@@H]2CC(c3cccs3)=NN2C(=O)CN(CCN2CCOCC2)C(=O)NC(C)(C)C)cc1. The lowest BCUT2D eigenvalue weighted by molar-refractivity contribution is -0.133. The van der Waals surface area contributed by atoms with Crippen molar-refractivity contribution in [2.75, 3.05) is 45.9 Å². The molecule has 194 valence electrons. The summed E-state index contributed by atoms with van der Waals surface area (Å²) >= 11 is 1.62. The number of morpholine rings is 1. The summed E-state index contributed by atoms with van der Waals surface area (Å²) < 4.78 is 5.44. The van der Waals surface area contributed by atoms with Crippen molar-refractivity contribution >= 4 is 29.0 Å². The molecule has 0 unspecified atom stereocenters. The van der Waals surface area contributed by atoms with E-state index in [-0.39, 0.29) is 24.5 Å². The number of urea groups is 1. The Labute approximate surface area is 217 Å². The summed E-state index contributed by atoms with van der Waals surface area (Å²) in [4.78, 5) is 31.9. The number of nitrogens with one attached hydrogen (secondary N) is 1. The molecule has 0 saturated carbocycles. The molecular weight excluding hydrogens is 474 g/mol. The highest BCUT2D eigenvalue weighted by atomic mass is 32.1. The minimum atomic E-state index is -0.403. The summed E-state index contributed by atoms with van der Waals surface area (Å²) in [7, 11) is 0. The van der Waals surface area contributed by atoms with E-state index in [9.17, 15) is 9.59 Å². The molecule has 1 N–H and O–H groups in total. The first-order chi connectivity index (χ1) is 17.2. The number of hydrogen-bond acceptors (Lipinski definition) is 6. The molecule has 0 spiro atoms. The highest BCUT2D eigenvalue weighted by Gasteiger charge is 2.35. The Morgan fingerprint density at radius 1 is 1.17 bits per heavy atom. The quantitative estimate of drug-likeness (QED) is 0.612. The average Bonchev–Trinajstić information content (AvgIpc) is 3.52. The predicted octanol–water partition coefficient (Wildman–Crippen LogP) is 3.88. The number of hydrazone groups is 1. The lowest BCUT2D eigenvalue weighted by Gasteiger charge is -2.32. The van der Waals surface area contributed by atoms with Gasteiger partial charge in [-0.25, -0.2) is 9.80 Å². The molecule has 0 aliphatic carbocycles. The van der Waals surface area contributed by atoms with Crippen molar-refractivity contribution in [2.45, 2.75) is 45.7 Å². The third-order valence-corrected chi connectivity index (χ3v) is 7.24. The minimum absolute atomic E-state index is 0.0319. The monoisotopic (exact) mass is 511 g/mol. The molecule has 9 heteroatoms. The fourth-order valence-corrected chi connectivity index (χ4v) is 5.08. The number of carbonyl (C=O) groups is 2.